The lowest BCUT2D eigenvalue weighted by Crippen LogP contribution is -2.46. The van der Waals surface area contributed by atoms with Crippen molar-refractivity contribution in [2.24, 2.45) is 5.73 Å². The van der Waals surface area contributed by atoms with E-state index in [0.29, 0.717) is 17.1 Å². The van der Waals surface area contributed by atoms with E-state index < -0.39 is 11.5 Å². The second-order valence-corrected chi connectivity index (χ2v) is 6.76. The molecule has 1 atom stereocenters. The number of methoxy groups -OCH3 is 1. The third-order valence-electron chi connectivity index (χ3n) is 5.01. The van der Waals surface area contributed by atoms with Gasteiger partial charge in [-0.3, -0.25) is 9.59 Å². The van der Waals surface area contributed by atoms with Crippen LogP contribution in [0.4, 0.5) is 0 Å². The van der Waals surface area contributed by atoms with Gasteiger partial charge in [-0.2, -0.15) is 0 Å². The van der Waals surface area contributed by atoms with Crippen molar-refractivity contribution in [3.05, 3.63) is 23.8 Å². The summed E-state index contributed by atoms with van der Waals surface area (Å²) in [4.78, 5) is 25.7. The van der Waals surface area contributed by atoms with E-state index in [9.17, 15) is 14.7 Å². The fourth-order valence-corrected chi connectivity index (χ4v) is 3.43. The van der Waals surface area contributed by atoms with Crippen molar-refractivity contribution >= 4 is 11.8 Å². The number of rotatable bonds is 5. The SMILES string of the molecule is COc1ccc(C(=O)N2CCC(O)(C(N)=O)C2)c(OC2CCCC2)c1. The van der Waals surface area contributed by atoms with Gasteiger partial charge in [0.1, 0.15) is 11.5 Å². The van der Waals surface area contributed by atoms with Crippen LogP contribution < -0.4 is 15.2 Å². The fourth-order valence-electron chi connectivity index (χ4n) is 3.43. The van der Waals surface area contributed by atoms with Crippen molar-refractivity contribution in [3.63, 3.8) is 0 Å². The number of aliphatic hydroxyl groups is 1. The largest absolute Gasteiger partial charge is 0.497 e. The smallest absolute Gasteiger partial charge is 0.257 e. The van der Waals surface area contributed by atoms with Crippen LogP contribution in [-0.2, 0) is 4.79 Å². The van der Waals surface area contributed by atoms with Gasteiger partial charge in [-0.25, -0.2) is 0 Å². The van der Waals surface area contributed by atoms with Gasteiger partial charge in [0.25, 0.3) is 11.8 Å². The summed E-state index contributed by atoms with van der Waals surface area (Å²) in [5.41, 5.74) is 3.99. The molecule has 1 saturated carbocycles. The molecule has 7 nitrogen and oxygen atoms in total. The third-order valence-corrected chi connectivity index (χ3v) is 5.01. The zero-order valence-corrected chi connectivity index (χ0v) is 14.4. The van der Waals surface area contributed by atoms with Gasteiger partial charge in [0.15, 0.2) is 5.60 Å². The van der Waals surface area contributed by atoms with Crippen LogP contribution in [0.5, 0.6) is 11.5 Å². The number of hydrogen-bond acceptors (Lipinski definition) is 5. The van der Waals surface area contributed by atoms with E-state index in [1.165, 1.54) is 4.90 Å². The molecule has 1 aliphatic heterocycles. The van der Waals surface area contributed by atoms with E-state index in [1.807, 2.05) is 0 Å². The molecule has 0 radical (unpaired) electrons. The Balaban J connectivity index is 1.83. The Morgan fingerprint density at radius 3 is 2.64 bits per heavy atom. The van der Waals surface area contributed by atoms with Gasteiger partial charge in [-0.15, -0.1) is 0 Å². The number of hydrogen-bond donors (Lipinski definition) is 2. The molecule has 2 aliphatic rings. The van der Waals surface area contributed by atoms with E-state index in [1.54, 1.807) is 25.3 Å². The van der Waals surface area contributed by atoms with Crippen LogP contribution in [-0.4, -0.2) is 53.7 Å². The number of carbonyl (C=O) groups excluding carboxylic acids is 2. The van der Waals surface area contributed by atoms with Crippen LogP contribution in [0, 0.1) is 0 Å². The Hall–Kier alpha value is -2.28. The molecular formula is C18H24N2O5. The second kappa shape index (κ2) is 6.92. The molecule has 3 rings (SSSR count). The molecule has 3 N–H and O–H groups in total. The zero-order chi connectivity index (χ0) is 18.0. The van der Waals surface area contributed by atoms with Crippen LogP contribution in [0.25, 0.3) is 0 Å². The summed E-state index contributed by atoms with van der Waals surface area (Å²) in [6.07, 6.45) is 4.42. The predicted octanol–water partition coefficient (Wildman–Crippen LogP) is 1.08. The van der Waals surface area contributed by atoms with Crippen molar-refractivity contribution in [2.45, 2.75) is 43.8 Å². The maximum atomic E-state index is 12.9. The minimum absolute atomic E-state index is 0.0970. The van der Waals surface area contributed by atoms with Gasteiger partial charge >= 0.3 is 0 Å². The number of amides is 2. The Labute approximate surface area is 146 Å². The van der Waals surface area contributed by atoms with Crippen LogP contribution in [0.1, 0.15) is 42.5 Å². The van der Waals surface area contributed by atoms with Crippen LogP contribution in [0.15, 0.2) is 18.2 Å². The minimum atomic E-state index is -1.66. The summed E-state index contributed by atoms with van der Waals surface area (Å²) >= 11 is 0. The Morgan fingerprint density at radius 1 is 1.32 bits per heavy atom. The van der Waals surface area contributed by atoms with Crippen molar-refractivity contribution in [1.29, 1.82) is 0 Å². The minimum Gasteiger partial charge on any atom is -0.497 e. The molecule has 1 aromatic carbocycles. The maximum absolute atomic E-state index is 12.9. The van der Waals surface area contributed by atoms with Gasteiger partial charge in [0.05, 0.1) is 25.3 Å². The molecule has 0 bridgehead atoms. The van der Waals surface area contributed by atoms with Crippen molar-refractivity contribution < 1.29 is 24.2 Å². The molecule has 1 aliphatic carbocycles. The first-order chi connectivity index (χ1) is 11.9. The number of ether oxygens (including phenoxy) is 2. The van der Waals surface area contributed by atoms with E-state index in [4.69, 9.17) is 15.2 Å². The number of nitrogens with zero attached hydrogens (tertiary/aromatic N) is 1. The number of β-amino-alcohol motifs (C(OH)–C–C–N with tert-alkyl or cyclic N) is 1. The molecule has 1 heterocycles. The van der Waals surface area contributed by atoms with Crippen molar-refractivity contribution in [2.75, 3.05) is 20.2 Å². The lowest BCUT2D eigenvalue weighted by atomic mass is 10.0. The van der Waals surface area contributed by atoms with Gasteiger partial charge in [0, 0.05) is 19.0 Å². The first-order valence-corrected chi connectivity index (χ1v) is 8.59. The van der Waals surface area contributed by atoms with E-state index in [0.717, 1.165) is 25.7 Å². The average molecular weight is 348 g/mol. The first kappa shape index (κ1) is 17.5. The molecule has 2 amide bonds. The molecule has 7 heteroatoms. The van der Waals surface area contributed by atoms with Crippen molar-refractivity contribution in [1.82, 2.24) is 4.90 Å². The third kappa shape index (κ3) is 3.56. The van der Waals surface area contributed by atoms with E-state index in [-0.39, 0.29) is 31.5 Å². The summed E-state index contributed by atoms with van der Waals surface area (Å²) in [6, 6.07) is 5.07. The summed E-state index contributed by atoms with van der Waals surface area (Å²) in [7, 11) is 1.56. The fraction of sp³-hybridized carbons (Fsp3) is 0.556. The van der Waals surface area contributed by atoms with Gasteiger partial charge in [-0.1, -0.05) is 0 Å². The van der Waals surface area contributed by atoms with Crippen LogP contribution in [0.2, 0.25) is 0 Å². The summed E-state index contributed by atoms with van der Waals surface area (Å²) in [5, 5.41) is 10.2. The summed E-state index contributed by atoms with van der Waals surface area (Å²) in [5.74, 6) is -0.00170. The molecular weight excluding hydrogens is 324 g/mol. The highest BCUT2D eigenvalue weighted by molar-refractivity contribution is 5.98. The normalized spacial score (nSPS) is 23.7. The lowest BCUT2D eigenvalue weighted by molar-refractivity contribution is -0.134. The first-order valence-electron chi connectivity index (χ1n) is 8.59. The lowest BCUT2D eigenvalue weighted by Gasteiger charge is -2.22. The maximum Gasteiger partial charge on any atom is 0.257 e. The Kier molecular flexibility index (Phi) is 4.85. The number of carbonyl (C=O) groups is 2. The van der Waals surface area contributed by atoms with Gasteiger partial charge < -0.3 is 25.2 Å². The predicted molar refractivity (Wildman–Crippen MR) is 90.5 cm³/mol. The van der Waals surface area contributed by atoms with Crippen molar-refractivity contribution in [3.8, 4) is 11.5 Å². The Bertz CT molecular complexity index is 671. The van der Waals surface area contributed by atoms with Crippen LogP contribution >= 0.6 is 0 Å². The number of benzene rings is 1. The standard InChI is InChI=1S/C18H24N2O5/c1-24-13-6-7-14(15(10-13)25-12-4-2-3-5-12)16(21)20-9-8-18(23,11-20)17(19)22/h6-7,10,12,23H,2-5,8-9,11H2,1H3,(H2,19,22). The number of primary amides is 1. The zero-order valence-electron chi connectivity index (χ0n) is 14.4. The topological polar surface area (TPSA) is 102 Å². The molecule has 1 unspecified atom stereocenters. The quantitative estimate of drug-likeness (QED) is 0.829. The Morgan fingerprint density at radius 2 is 2.04 bits per heavy atom. The second-order valence-electron chi connectivity index (χ2n) is 6.76. The molecule has 25 heavy (non-hydrogen) atoms. The van der Waals surface area contributed by atoms with Gasteiger partial charge in [-0.05, 0) is 37.8 Å². The van der Waals surface area contributed by atoms with Gasteiger partial charge in [0.2, 0.25) is 0 Å². The average Bonchev–Trinajstić information content (AvgIpc) is 3.24. The molecule has 1 aromatic rings. The molecule has 1 saturated heterocycles. The highest BCUT2D eigenvalue weighted by Crippen LogP contribution is 2.32. The van der Waals surface area contributed by atoms with E-state index >= 15 is 0 Å². The molecule has 0 aromatic heterocycles. The van der Waals surface area contributed by atoms with Crippen LogP contribution in [0.3, 0.4) is 0 Å². The summed E-state index contributed by atoms with van der Waals surface area (Å²) in [6.45, 7) is 0.170. The highest BCUT2D eigenvalue weighted by atomic mass is 16.5. The number of nitrogens with two attached hydrogens (primary N) is 1. The highest BCUT2D eigenvalue weighted by Gasteiger charge is 2.43. The molecule has 0 spiro atoms. The molecule has 136 valence electrons. The number of likely N-dealkylation sites (tertiary alicyclic amines) is 1. The van der Waals surface area contributed by atoms with E-state index in [2.05, 4.69) is 0 Å². The monoisotopic (exact) mass is 348 g/mol. The summed E-state index contributed by atoms with van der Waals surface area (Å²) < 4.78 is 11.3. The molecule has 2 fully saturated rings.